The van der Waals surface area contributed by atoms with Crippen molar-refractivity contribution in [2.75, 3.05) is 4.90 Å². The zero-order valence-corrected chi connectivity index (χ0v) is 22.9. The van der Waals surface area contributed by atoms with Crippen LogP contribution < -0.4 is 4.90 Å². The van der Waals surface area contributed by atoms with Crippen molar-refractivity contribution in [1.82, 2.24) is 15.0 Å². The molecule has 0 amide bonds. The van der Waals surface area contributed by atoms with Crippen LogP contribution >= 0.6 is 0 Å². The minimum absolute atomic E-state index is 0. The van der Waals surface area contributed by atoms with Gasteiger partial charge in [-0.05, 0) is 41.4 Å². The molecule has 193 valence electrons. The Morgan fingerprint density at radius 3 is 2.45 bits per heavy atom. The molecule has 0 bridgehead atoms. The van der Waals surface area contributed by atoms with E-state index in [2.05, 4.69) is 63.2 Å². The minimum Gasteiger partial charge on any atom is -0.477 e. The van der Waals surface area contributed by atoms with Crippen LogP contribution in [0.3, 0.4) is 0 Å². The average Bonchev–Trinajstić information content (AvgIpc) is 3.28. The van der Waals surface area contributed by atoms with Crippen molar-refractivity contribution in [2.45, 2.75) is 25.3 Å². The number of aromatic nitrogens is 3. The van der Waals surface area contributed by atoms with Crippen molar-refractivity contribution >= 4 is 17.3 Å². The molecule has 1 radical (unpaired) electrons. The number of para-hydroxylation sites is 1. The zero-order valence-electron chi connectivity index (χ0n) is 20.5. The molecule has 2 atom stereocenters. The van der Waals surface area contributed by atoms with Gasteiger partial charge in [0.15, 0.2) is 0 Å². The number of rotatable bonds is 4. The number of pyridine rings is 1. The van der Waals surface area contributed by atoms with E-state index in [1.165, 1.54) is 23.9 Å². The van der Waals surface area contributed by atoms with Crippen LogP contribution in [0.2, 0.25) is 0 Å². The number of anilines is 2. The van der Waals surface area contributed by atoms with Gasteiger partial charge in [0.25, 0.3) is 0 Å². The van der Waals surface area contributed by atoms with Gasteiger partial charge in [0, 0.05) is 50.3 Å². The van der Waals surface area contributed by atoms with Crippen molar-refractivity contribution in [3.8, 4) is 11.4 Å². The first kappa shape index (κ1) is 27.0. The van der Waals surface area contributed by atoms with Gasteiger partial charge in [0.05, 0.1) is 17.7 Å². The molecule has 1 aliphatic heterocycles. The number of halogens is 1. The van der Waals surface area contributed by atoms with Crippen LogP contribution in [0.15, 0.2) is 97.5 Å². The van der Waals surface area contributed by atoms with Gasteiger partial charge in [-0.1, -0.05) is 55.5 Å². The van der Waals surface area contributed by atoms with Crippen molar-refractivity contribution in [3.05, 3.63) is 126 Å². The normalized spacial score (nSPS) is 16.5. The summed E-state index contributed by atoms with van der Waals surface area (Å²) in [6.45, 7) is 2.06. The summed E-state index contributed by atoms with van der Waals surface area (Å²) in [6.07, 6.45) is 14.4. The Bertz CT molecular complexity index is 1480. The Morgan fingerprint density at radius 2 is 1.76 bits per heavy atom. The maximum atomic E-state index is 15.0. The van der Waals surface area contributed by atoms with Crippen molar-refractivity contribution in [3.63, 3.8) is 0 Å². The monoisotopic (exact) mass is 684 g/mol. The summed E-state index contributed by atoms with van der Waals surface area (Å²) < 4.78 is 15.0. The predicted molar refractivity (Wildman–Crippen MR) is 140 cm³/mol. The smallest absolute Gasteiger partial charge is 0.354 e. The SMILES string of the molecule is CCc1cnc(-c2[c-]cc(F)c(N3c4ccccc4C4C=CC=CC43)c2)nc1.O=C(O)c1ccccn1.[Ir]. The number of carboxylic acids is 1. The number of hydrogen-bond donors (Lipinski definition) is 1. The molecule has 2 aliphatic rings. The number of nitrogens with zero attached hydrogens (tertiary/aromatic N) is 4. The quantitative estimate of drug-likeness (QED) is 0.260. The summed E-state index contributed by atoms with van der Waals surface area (Å²) in [5.74, 6) is -0.516. The number of hydrogen-bond acceptors (Lipinski definition) is 5. The number of benzene rings is 2. The Labute approximate surface area is 234 Å². The molecular formula is C30H24FIrN4O2-. The molecule has 2 unspecified atom stereocenters. The molecule has 38 heavy (non-hydrogen) atoms. The van der Waals surface area contributed by atoms with Crippen LogP contribution in [0.1, 0.15) is 34.5 Å². The summed E-state index contributed by atoms with van der Waals surface area (Å²) in [5, 5.41) is 8.32. The third kappa shape index (κ3) is 5.47. The van der Waals surface area contributed by atoms with Gasteiger partial charge in [0.1, 0.15) is 5.69 Å². The molecule has 0 saturated carbocycles. The second kappa shape index (κ2) is 12.0. The van der Waals surface area contributed by atoms with Gasteiger partial charge in [-0.3, -0.25) is 14.4 Å². The Balaban J connectivity index is 0.000000288. The van der Waals surface area contributed by atoms with E-state index in [1.807, 2.05) is 36.7 Å². The molecule has 2 aromatic carbocycles. The molecule has 1 N–H and O–H groups in total. The minimum atomic E-state index is -0.990. The van der Waals surface area contributed by atoms with E-state index in [0.717, 1.165) is 17.7 Å². The number of aryl methyl sites for hydroxylation is 1. The van der Waals surface area contributed by atoms with Crippen LogP contribution in [0.4, 0.5) is 15.8 Å². The van der Waals surface area contributed by atoms with Crippen LogP contribution in [0.25, 0.3) is 11.4 Å². The molecule has 0 saturated heterocycles. The Hall–Kier alpha value is -4.00. The molecule has 0 spiro atoms. The number of carboxylic acid groups (broad SMARTS) is 1. The maximum Gasteiger partial charge on any atom is 0.354 e. The van der Waals surface area contributed by atoms with Crippen molar-refractivity contribution in [1.29, 1.82) is 0 Å². The third-order valence-corrected chi connectivity index (χ3v) is 6.34. The van der Waals surface area contributed by atoms with Crippen LogP contribution in [-0.2, 0) is 26.5 Å². The van der Waals surface area contributed by atoms with E-state index in [1.54, 1.807) is 12.1 Å². The Morgan fingerprint density at radius 1 is 1.03 bits per heavy atom. The molecule has 6 rings (SSSR count). The van der Waals surface area contributed by atoms with E-state index in [-0.39, 0.29) is 43.6 Å². The standard InChI is InChI=1S/C24H19FN3.C6H5NO2.Ir/c1-2-16-14-26-24(27-15-16)17-11-12-20(25)23(13-17)28-21-9-5-3-7-18(21)19-8-4-6-10-22(19)28;8-6(9)5-3-1-2-4-7-5;/h3-10,12-15,18,21H,2H2,1H3;1-4H,(H,8,9);/q-1;;. The molecule has 4 aromatic rings. The molecule has 3 heterocycles. The number of fused-ring (bicyclic) bond motifs is 3. The molecule has 6 nitrogen and oxygen atoms in total. The van der Waals surface area contributed by atoms with Crippen LogP contribution in [0, 0.1) is 11.9 Å². The van der Waals surface area contributed by atoms with E-state index in [4.69, 9.17) is 5.11 Å². The largest absolute Gasteiger partial charge is 0.477 e. The molecule has 2 aromatic heterocycles. The van der Waals surface area contributed by atoms with Gasteiger partial charge in [-0.15, -0.1) is 23.8 Å². The average molecular weight is 684 g/mol. The first-order chi connectivity index (χ1) is 18.1. The van der Waals surface area contributed by atoms with Gasteiger partial charge in [-0.2, -0.15) is 0 Å². The Kier molecular flexibility index (Phi) is 8.56. The van der Waals surface area contributed by atoms with Gasteiger partial charge in [0.2, 0.25) is 0 Å². The molecule has 8 heteroatoms. The predicted octanol–water partition coefficient (Wildman–Crippen LogP) is 6.15. The number of allylic oxidation sites excluding steroid dienone is 2. The zero-order chi connectivity index (χ0) is 25.8. The fraction of sp³-hybridized carbons (Fsp3) is 0.133. The van der Waals surface area contributed by atoms with Crippen molar-refractivity contribution in [2.24, 2.45) is 0 Å². The first-order valence-corrected chi connectivity index (χ1v) is 12.0. The van der Waals surface area contributed by atoms with Gasteiger partial charge >= 0.3 is 5.97 Å². The van der Waals surface area contributed by atoms with E-state index < -0.39 is 5.97 Å². The number of aromatic carboxylic acids is 1. The van der Waals surface area contributed by atoms with Gasteiger partial charge < -0.3 is 10.0 Å². The van der Waals surface area contributed by atoms with E-state index >= 15 is 0 Å². The second-order valence-electron chi connectivity index (χ2n) is 8.58. The van der Waals surface area contributed by atoms with E-state index in [9.17, 15) is 9.18 Å². The second-order valence-corrected chi connectivity index (χ2v) is 8.58. The molecule has 1 aliphatic carbocycles. The summed E-state index contributed by atoms with van der Waals surface area (Å²) in [4.78, 5) is 24.7. The summed E-state index contributed by atoms with van der Waals surface area (Å²) in [7, 11) is 0. The summed E-state index contributed by atoms with van der Waals surface area (Å²) in [5.41, 5.74) is 4.61. The molecule has 0 fully saturated rings. The van der Waals surface area contributed by atoms with E-state index in [0.29, 0.717) is 17.1 Å². The fourth-order valence-corrected chi connectivity index (χ4v) is 4.51. The topological polar surface area (TPSA) is 79.2 Å². The number of carbonyl (C=O) groups is 1. The van der Waals surface area contributed by atoms with Crippen LogP contribution in [0.5, 0.6) is 0 Å². The maximum absolute atomic E-state index is 15.0. The summed E-state index contributed by atoms with van der Waals surface area (Å²) >= 11 is 0. The first-order valence-electron chi connectivity index (χ1n) is 12.0. The third-order valence-electron chi connectivity index (χ3n) is 6.34. The van der Waals surface area contributed by atoms with Crippen molar-refractivity contribution < 1.29 is 34.4 Å². The summed E-state index contributed by atoms with van der Waals surface area (Å²) in [6, 6.07) is 19.2. The fourth-order valence-electron chi connectivity index (χ4n) is 4.51. The molecular weight excluding hydrogens is 660 g/mol. The van der Waals surface area contributed by atoms with Gasteiger partial charge in [-0.25, -0.2) is 9.78 Å². The van der Waals surface area contributed by atoms with Crippen LogP contribution in [-0.4, -0.2) is 32.1 Å².